The van der Waals surface area contributed by atoms with Gasteiger partial charge in [0.1, 0.15) is 12.1 Å². The fraction of sp³-hybridized carbons (Fsp3) is 0.100. The minimum atomic E-state index is -0.863. The van der Waals surface area contributed by atoms with Crippen molar-refractivity contribution >= 4 is 39.9 Å². The SMILES string of the molecule is Cc1nc(NC(=O)CN2C(=O)c3cccc([N+](=O)[O-])c3C2=O)sc1-c1ccccc1. The Kier molecular flexibility index (Phi) is 4.84. The van der Waals surface area contributed by atoms with Crippen LogP contribution in [-0.2, 0) is 4.79 Å². The number of nitro benzene ring substituents is 1. The van der Waals surface area contributed by atoms with E-state index in [1.807, 2.05) is 37.3 Å². The van der Waals surface area contributed by atoms with Crippen LogP contribution in [0.4, 0.5) is 10.8 Å². The van der Waals surface area contributed by atoms with Crippen LogP contribution in [0.15, 0.2) is 48.5 Å². The number of hydrogen-bond acceptors (Lipinski definition) is 7. The summed E-state index contributed by atoms with van der Waals surface area (Å²) in [6.07, 6.45) is 0. The van der Waals surface area contributed by atoms with E-state index in [1.54, 1.807) is 0 Å². The molecule has 0 radical (unpaired) electrons. The van der Waals surface area contributed by atoms with Gasteiger partial charge in [0.2, 0.25) is 5.91 Å². The maximum atomic E-state index is 12.6. The molecule has 0 bridgehead atoms. The van der Waals surface area contributed by atoms with E-state index in [1.165, 1.54) is 23.5 Å². The van der Waals surface area contributed by atoms with Crippen molar-refractivity contribution in [3.63, 3.8) is 0 Å². The largest absolute Gasteiger partial charge is 0.300 e. The molecule has 0 aliphatic carbocycles. The summed E-state index contributed by atoms with van der Waals surface area (Å²) in [5.41, 5.74) is 0.852. The highest BCUT2D eigenvalue weighted by molar-refractivity contribution is 7.19. The third-order valence-electron chi connectivity index (χ3n) is 4.55. The predicted octanol–water partition coefficient (Wildman–Crippen LogP) is 3.26. The predicted molar refractivity (Wildman–Crippen MR) is 109 cm³/mol. The van der Waals surface area contributed by atoms with E-state index in [4.69, 9.17) is 0 Å². The van der Waals surface area contributed by atoms with Gasteiger partial charge in [-0.15, -0.1) is 0 Å². The summed E-state index contributed by atoms with van der Waals surface area (Å²) in [6, 6.07) is 13.4. The van der Waals surface area contributed by atoms with Crippen LogP contribution in [0.3, 0.4) is 0 Å². The van der Waals surface area contributed by atoms with Gasteiger partial charge < -0.3 is 5.32 Å². The summed E-state index contributed by atoms with van der Waals surface area (Å²) in [5.74, 6) is -2.23. The summed E-state index contributed by atoms with van der Waals surface area (Å²) in [5, 5.41) is 14.1. The van der Waals surface area contributed by atoms with Crippen LogP contribution in [0.1, 0.15) is 26.4 Å². The number of amides is 3. The Labute approximate surface area is 174 Å². The molecule has 0 spiro atoms. The molecule has 10 heteroatoms. The third kappa shape index (κ3) is 3.33. The van der Waals surface area contributed by atoms with Crippen LogP contribution in [0.25, 0.3) is 10.4 Å². The zero-order valence-electron chi connectivity index (χ0n) is 15.6. The topological polar surface area (TPSA) is 123 Å². The lowest BCUT2D eigenvalue weighted by Gasteiger charge is -2.12. The molecule has 30 heavy (non-hydrogen) atoms. The Bertz CT molecular complexity index is 1210. The van der Waals surface area contributed by atoms with Crippen molar-refractivity contribution in [2.24, 2.45) is 0 Å². The van der Waals surface area contributed by atoms with E-state index in [9.17, 15) is 24.5 Å². The van der Waals surface area contributed by atoms with Gasteiger partial charge in [-0.3, -0.25) is 29.4 Å². The lowest BCUT2D eigenvalue weighted by molar-refractivity contribution is -0.385. The first-order valence-corrected chi connectivity index (χ1v) is 9.64. The standard InChI is InChI=1S/C20H14N4O5S/c1-11-17(12-6-3-2-4-7-12)30-20(21-11)22-15(25)10-23-18(26)13-8-5-9-14(24(28)29)16(13)19(23)27/h2-9H,10H2,1H3,(H,21,22,25). The molecule has 4 rings (SSSR count). The highest BCUT2D eigenvalue weighted by Gasteiger charge is 2.41. The molecule has 150 valence electrons. The number of anilines is 1. The molecule has 0 saturated carbocycles. The lowest BCUT2D eigenvalue weighted by atomic mass is 10.1. The molecule has 3 aromatic rings. The van der Waals surface area contributed by atoms with Gasteiger partial charge in [-0.2, -0.15) is 0 Å². The fourth-order valence-electron chi connectivity index (χ4n) is 3.22. The summed E-state index contributed by atoms with van der Waals surface area (Å²) in [7, 11) is 0. The Morgan fingerprint density at radius 3 is 2.57 bits per heavy atom. The first-order valence-electron chi connectivity index (χ1n) is 8.83. The lowest BCUT2D eigenvalue weighted by Crippen LogP contribution is -2.37. The van der Waals surface area contributed by atoms with Crippen molar-refractivity contribution in [3.8, 4) is 10.4 Å². The first-order chi connectivity index (χ1) is 14.4. The first kappa shape index (κ1) is 19.4. The van der Waals surface area contributed by atoms with Crippen LogP contribution in [0, 0.1) is 17.0 Å². The van der Waals surface area contributed by atoms with Gasteiger partial charge in [-0.05, 0) is 18.6 Å². The van der Waals surface area contributed by atoms with Crippen LogP contribution < -0.4 is 5.32 Å². The van der Waals surface area contributed by atoms with Crippen molar-refractivity contribution in [2.45, 2.75) is 6.92 Å². The Balaban J connectivity index is 1.52. The van der Waals surface area contributed by atoms with E-state index < -0.39 is 34.9 Å². The van der Waals surface area contributed by atoms with Gasteiger partial charge in [0.15, 0.2) is 5.13 Å². The number of benzene rings is 2. The van der Waals surface area contributed by atoms with Gasteiger partial charge in [-0.1, -0.05) is 47.7 Å². The zero-order chi connectivity index (χ0) is 21.4. The summed E-state index contributed by atoms with van der Waals surface area (Å²) < 4.78 is 0. The van der Waals surface area contributed by atoms with E-state index in [0.29, 0.717) is 10.0 Å². The summed E-state index contributed by atoms with van der Waals surface area (Å²) in [4.78, 5) is 53.9. The number of imide groups is 1. The zero-order valence-corrected chi connectivity index (χ0v) is 16.4. The molecule has 2 aromatic carbocycles. The highest BCUT2D eigenvalue weighted by atomic mass is 32.1. The van der Waals surface area contributed by atoms with Crippen molar-refractivity contribution in [3.05, 3.63) is 75.5 Å². The molecule has 2 heterocycles. The van der Waals surface area contributed by atoms with Crippen molar-refractivity contribution in [1.29, 1.82) is 0 Å². The average Bonchev–Trinajstić information content (AvgIpc) is 3.21. The third-order valence-corrected chi connectivity index (χ3v) is 5.68. The number of nitro groups is 1. The molecule has 0 unspecified atom stereocenters. The number of fused-ring (bicyclic) bond motifs is 1. The maximum absolute atomic E-state index is 12.6. The smallest absolute Gasteiger partial charge is 0.282 e. The fourth-order valence-corrected chi connectivity index (χ4v) is 4.21. The van der Waals surface area contributed by atoms with Crippen LogP contribution in [0.2, 0.25) is 0 Å². The number of nitrogens with one attached hydrogen (secondary N) is 1. The molecule has 1 N–H and O–H groups in total. The molecular weight excluding hydrogens is 408 g/mol. The number of thiazole rings is 1. The monoisotopic (exact) mass is 422 g/mol. The Hall–Kier alpha value is -3.92. The molecule has 1 aliphatic rings. The van der Waals surface area contributed by atoms with Crippen molar-refractivity contribution in [1.82, 2.24) is 9.88 Å². The maximum Gasteiger partial charge on any atom is 0.282 e. The summed E-state index contributed by atoms with van der Waals surface area (Å²) >= 11 is 1.27. The number of hydrogen-bond donors (Lipinski definition) is 1. The van der Waals surface area contributed by atoms with E-state index in [2.05, 4.69) is 10.3 Å². The number of carbonyl (C=O) groups excluding carboxylic acids is 3. The number of aryl methyl sites for hydroxylation is 1. The number of aromatic nitrogens is 1. The molecule has 1 aromatic heterocycles. The van der Waals surface area contributed by atoms with E-state index in [0.717, 1.165) is 22.2 Å². The van der Waals surface area contributed by atoms with E-state index in [-0.39, 0.29) is 11.1 Å². The molecule has 0 atom stereocenters. The molecular formula is C20H14N4O5S. The van der Waals surface area contributed by atoms with Crippen LogP contribution in [-0.4, -0.2) is 39.1 Å². The van der Waals surface area contributed by atoms with Crippen molar-refractivity contribution < 1.29 is 19.3 Å². The van der Waals surface area contributed by atoms with Gasteiger partial charge >= 0.3 is 0 Å². The van der Waals surface area contributed by atoms with Gasteiger partial charge in [0, 0.05) is 6.07 Å². The second kappa shape index (κ2) is 7.48. The number of carbonyl (C=O) groups is 3. The molecule has 0 fully saturated rings. The highest BCUT2D eigenvalue weighted by Crippen LogP contribution is 2.33. The normalized spacial score (nSPS) is 12.8. The van der Waals surface area contributed by atoms with Crippen molar-refractivity contribution in [2.75, 3.05) is 11.9 Å². The second-order valence-corrected chi connectivity index (χ2v) is 7.50. The Morgan fingerprint density at radius 1 is 1.13 bits per heavy atom. The van der Waals surface area contributed by atoms with Gasteiger partial charge in [0.05, 0.1) is 21.1 Å². The second-order valence-electron chi connectivity index (χ2n) is 6.50. The van der Waals surface area contributed by atoms with Crippen LogP contribution >= 0.6 is 11.3 Å². The molecule has 3 amide bonds. The van der Waals surface area contributed by atoms with E-state index >= 15 is 0 Å². The van der Waals surface area contributed by atoms with Crippen LogP contribution in [0.5, 0.6) is 0 Å². The summed E-state index contributed by atoms with van der Waals surface area (Å²) in [6.45, 7) is 1.25. The minimum absolute atomic E-state index is 0.0848. The minimum Gasteiger partial charge on any atom is -0.300 e. The Morgan fingerprint density at radius 2 is 1.87 bits per heavy atom. The molecule has 0 saturated heterocycles. The molecule has 9 nitrogen and oxygen atoms in total. The average molecular weight is 422 g/mol. The quantitative estimate of drug-likeness (QED) is 0.382. The van der Waals surface area contributed by atoms with Gasteiger partial charge in [-0.25, -0.2) is 4.98 Å². The number of nitrogens with zero attached hydrogens (tertiary/aromatic N) is 3. The van der Waals surface area contributed by atoms with Gasteiger partial charge in [0.25, 0.3) is 17.5 Å². The number of rotatable bonds is 5. The molecule has 1 aliphatic heterocycles.